The zero-order valence-corrected chi connectivity index (χ0v) is 14.5. The molecule has 2 aromatic rings. The summed E-state index contributed by atoms with van der Waals surface area (Å²) in [5.41, 5.74) is 2.92. The lowest BCUT2D eigenvalue weighted by Crippen LogP contribution is -2.24. The van der Waals surface area contributed by atoms with Crippen LogP contribution in [0.2, 0.25) is 0 Å². The number of hydrogen-bond acceptors (Lipinski definition) is 3. The molecule has 5 heteroatoms. The molecular formula is C20H22FN3O. The third kappa shape index (κ3) is 3.91. The van der Waals surface area contributed by atoms with Gasteiger partial charge in [-0.1, -0.05) is 17.1 Å². The number of aryl methyl sites for hydroxylation is 1. The highest BCUT2D eigenvalue weighted by Crippen LogP contribution is 2.28. The zero-order chi connectivity index (χ0) is 17.2. The Labute approximate surface area is 147 Å². The summed E-state index contributed by atoms with van der Waals surface area (Å²) < 4.78 is 21.8. The summed E-state index contributed by atoms with van der Waals surface area (Å²) in [6.45, 7) is 3.42. The average Bonchev–Trinajstić information content (AvgIpc) is 3.33. The average molecular weight is 339 g/mol. The van der Waals surface area contributed by atoms with E-state index in [1.165, 1.54) is 12.5 Å². The molecule has 1 saturated carbocycles. The highest BCUT2D eigenvalue weighted by atomic mass is 19.1. The Morgan fingerprint density at radius 3 is 2.92 bits per heavy atom. The van der Waals surface area contributed by atoms with Gasteiger partial charge in [0.1, 0.15) is 11.5 Å². The molecule has 0 spiro atoms. The maximum Gasteiger partial charge on any atom is 0.139 e. The van der Waals surface area contributed by atoms with Crippen LogP contribution in [0, 0.1) is 30.5 Å². The van der Waals surface area contributed by atoms with E-state index in [0.717, 1.165) is 49.1 Å². The smallest absolute Gasteiger partial charge is 0.139 e. The fraction of sp³-hybridized carbons (Fsp3) is 0.500. The predicted molar refractivity (Wildman–Crippen MR) is 93.3 cm³/mol. The standard InChI is InChI=1S/C20H22FN3O/c1-14-10-19(21)16(8-7-15-5-6-15)11-18(14)20-13-24(23-22-20)12-17-4-2-3-9-25-17/h10-11,13,15,17H,2-6,9,12H2,1H3. The summed E-state index contributed by atoms with van der Waals surface area (Å²) in [7, 11) is 0. The third-order valence-electron chi connectivity index (χ3n) is 4.78. The molecule has 0 amide bonds. The van der Waals surface area contributed by atoms with Gasteiger partial charge in [-0.15, -0.1) is 5.10 Å². The van der Waals surface area contributed by atoms with Gasteiger partial charge in [0.05, 0.1) is 24.4 Å². The first-order chi connectivity index (χ1) is 12.2. The fourth-order valence-electron chi connectivity index (χ4n) is 3.12. The Hall–Kier alpha value is -2.19. The maximum absolute atomic E-state index is 14.2. The Morgan fingerprint density at radius 1 is 1.28 bits per heavy atom. The number of hydrogen-bond donors (Lipinski definition) is 0. The molecule has 2 aliphatic rings. The molecule has 2 heterocycles. The Kier molecular flexibility index (Phi) is 4.54. The first-order valence-corrected chi connectivity index (χ1v) is 9.03. The van der Waals surface area contributed by atoms with Crippen LogP contribution in [0.3, 0.4) is 0 Å². The van der Waals surface area contributed by atoms with E-state index < -0.39 is 0 Å². The van der Waals surface area contributed by atoms with Gasteiger partial charge in [-0.2, -0.15) is 0 Å². The van der Waals surface area contributed by atoms with Crippen molar-refractivity contribution in [3.63, 3.8) is 0 Å². The highest BCUT2D eigenvalue weighted by Gasteiger charge is 2.19. The molecule has 4 rings (SSSR count). The summed E-state index contributed by atoms with van der Waals surface area (Å²) in [5.74, 6) is 6.29. The second-order valence-electron chi connectivity index (χ2n) is 7.00. The van der Waals surface area contributed by atoms with E-state index in [2.05, 4.69) is 22.2 Å². The lowest BCUT2D eigenvalue weighted by molar-refractivity contribution is 0.00370. The van der Waals surface area contributed by atoms with Crippen molar-refractivity contribution in [2.75, 3.05) is 6.61 Å². The van der Waals surface area contributed by atoms with Crippen LogP contribution < -0.4 is 0 Å². The van der Waals surface area contributed by atoms with Crippen LogP contribution in [0.4, 0.5) is 4.39 Å². The number of ether oxygens (including phenoxy) is 1. The molecule has 130 valence electrons. The Morgan fingerprint density at radius 2 is 2.16 bits per heavy atom. The Balaban J connectivity index is 1.56. The van der Waals surface area contributed by atoms with E-state index in [-0.39, 0.29) is 11.9 Å². The monoisotopic (exact) mass is 339 g/mol. The zero-order valence-electron chi connectivity index (χ0n) is 14.5. The second kappa shape index (κ2) is 6.97. The molecule has 4 nitrogen and oxygen atoms in total. The van der Waals surface area contributed by atoms with E-state index in [4.69, 9.17) is 4.74 Å². The molecule has 1 saturated heterocycles. The predicted octanol–water partition coefficient (Wildman–Crippen LogP) is 3.72. The van der Waals surface area contributed by atoms with Gasteiger partial charge in [0, 0.05) is 18.1 Å². The topological polar surface area (TPSA) is 39.9 Å². The van der Waals surface area contributed by atoms with Gasteiger partial charge in [-0.25, -0.2) is 9.07 Å². The highest BCUT2D eigenvalue weighted by molar-refractivity contribution is 5.65. The molecule has 0 N–H and O–H groups in total. The minimum absolute atomic E-state index is 0.206. The van der Waals surface area contributed by atoms with Crippen molar-refractivity contribution in [3.05, 3.63) is 35.3 Å². The van der Waals surface area contributed by atoms with Crippen LogP contribution in [-0.2, 0) is 11.3 Å². The summed E-state index contributed by atoms with van der Waals surface area (Å²) in [6, 6.07) is 3.33. The lowest BCUT2D eigenvalue weighted by Gasteiger charge is -2.21. The van der Waals surface area contributed by atoms with Crippen molar-refractivity contribution < 1.29 is 9.13 Å². The van der Waals surface area contributed by atoms with Crippen molar-refractivity contribution in [3.8, 4) is 23.1 Å². The minimum Gasteiger partial charge on any atom is -0.376 e. The number of nitrogens with zero attached hydrogens (tertiary/aromatic N) is 3. The summed E-state index contributed by atoms with van der Waals surface area (Å²) in [4.78, 5) is 0. The van der Waals surface area contributed by atoms with Crippen molar-refractivity contribution in [2.45, 2.75) is 51.7 Å². The first kappa shape index (κ1) is 16.3. The lowest BCUT2D eigenvalue weighted by atomic mass is 10.0. The SMILES string of the molecule is Cc1cc(F)c(C#CC2CC2)cc1-c1cn(CC2CCCCO2)nn1. The summed E-state index contributed by atoms with van der Waals surface area (Å²) in [5, 5.41) is 8.50. The van der Waals surface area contributed by atoms with E-state index in [1.807, 2.05) is 17.8 Å². The van der Waals surface area contributed by atoms with Gasteiger partial charge < -0.3 is 4.74 Å². The molecule has 1 aromatic heterocycles. The minimum atomic E-state index is -0.266. The van der Waals surface area contributed by atoms with Gasteiger partial charge in [0.15, 0.2) is 0 Å². The number of rotatable bonds is 3. The van der Waals surface area contributed by atoms with Gasteiger partial charge in [-0.05, 0) is 56.7 Å². The van der Waals surface area contributed by atoms with Gasteiger partial charge in [0.2, 0.25) is 0 Å². The van der Waals surface area contributed by atoms with Crippen molar-refractivity contribution in [1.29, 1.82) is 0 Å². The molecule has 1 aliphatic carbocycles. The van der Waals surface area contributed by atoms with Crippen LogP contribution in [0.25, 0.3) is 11.3 Å². The molecule has 1 aromatic carbocycles. The van der Waals surface area contributed by atoms with Gasteiger partial charge >= 0.3 is 0 Å². The number of halogens is 1. The fourth-order valence-corrected chi connectivity index (χ4v) is 3.12. The molecule has 0 bridgehead atoms. The van der Waals surface area contributed by atoms with Crippen LogP contribution in [-0.4, -0.2) is 27.7 Å². The number of benzene rings is 1. The second-order valence-corrected chi connectivity index (χ2v) is 7.00. The van der Waals surface area contributed by atoms with Crippen LogP contribution in [0.15, 0.2) is 18.3 Å². The van der Waals surface area contributed by atoms with Crippen molar-refractivity contribution >= 4 is 0 Å². The van der Waals surface area contributed by atoms with Crippen LogP contribution in [0.5, 0.6) is 0 Å². The molecule has 1 aliphatic heterocycles. The largest absolute Gasteiger partial charge is 0.376 e. The van der Waals surface area contributed by atoms with Crippen LogP contribution in [0.1, 0.15) is 43.2 Å². The van der Waals surface area contributed by atoms with E-state index in [0.29, 0.717) is 18.0 Å². The van der Waals surface area contributed by atoms with Gasteiger partial charge in [0.25, 0.3) is 0 Å². The van der Waals surface area contributed by atoms with E-state index >= 15 is 0 Å². The van der Waals surface area contributed by atoms with Crippen molar-refractivity contribution in [1.82, 2.24) is 15.0 Å². The molecule has 0 radical (unpaired) electrons. The molecule has 25 heavy (non-hydrogen) atoms. The molecule has 2 fully saturated rings. The van der Waals surface area contributed by atoms with E-state index in [9.17, 15) is 4.39 Å². The number of aromatic nitrogens is 3. The van der Waals surface area contributed by atoms with Crippen LogP contribution >= 0.6 is 0 Å². The third-order valence-corrected chi connectivity index (χ3v) is 4.78. The maximum atomic E-state index is 14.2. The Bertz CT molecular complexity index is 823. The molecular weight excluding hydrogens is 317 g/mol. The summed E-state index contributed by atoms with van der Waals surface area (Å²) in [6.07, 6.45) is 7.78. The molecule has 1 atom stereocenters. The van der Waals surface area contributed by atoms with E-state index in [1.54, 1.807) is 6.07 Å². The summed E-state index contributed by atoms with van der Waals surface area (Å²) >= 11 is 0. The quantitative estimate of drug-likeness (QED) is 0.800. The first-order valence-electron chi connectivity index (χ1n) is 9.03. The normalized spacial score (nSPS) is 20.2. The van der Waals surface area contributed by atoms with Gasteiger partial charge in [-0.3, -0.25) is 0 Å². The molecule has 1 unspecified atom stereocenters. The van der Waals surface area contributed by atoms with Crippen molar-refractivity contribution in [2.24, 2.45) is 5.92 Å².